The van der Waals surface area contributed by atoms with Gasteiger partial charge in [0.25, 0.3) is 0 Å². The van der Waals surface area contributed by atoms with Crippen molar-refractivity contribution in [2.75, 3.05) is 6.54 Å². The van der Waals surface area contributed by atoms with Gasteiger partial charge in [-0.2, -0.15) is 0 Å². The lowest BCUT2D eigenvalue weighted by atomic mass is 9.79. The average Bonchev–Trinajstić information content (AvgIpc) is 2.86. The fourth-order valence-corrected chi connectivity index (χ4v) is 3.55. The summed E-state index contributed by atoms with van der Waals surface area (Å²) in [7, 11) is 0. The van der Waals surface area contributed by atoms with Crippen LogP contribution in [0.3, 0.4) is 0 Å². The molecule has 0 aromatic heterocycles. The summed E-state index contributed by atoms with van der Waals surface area (Å²) in [6.45, 7) is 10.2. The first-order valence-electron chi connectivity index (χ1n) is 7.79. The lowest BCUT2D eigenvalue weighted by Crippen LogP contribution is -2.44. The quantitative estimate of drug-likeness (QED) is 0.820. The van der Waals surface area contributed by atoms with Crippen LogP contribution < -0.4 is 5.32 Å². The third-order valence-corrected chi connectivity index (χ3v) is 4.64. The summed E-state index contributed by atoms with van der Waals surface area (Å²) in [4.78, 5) is 0. The molecule has 2 nitrogen and oxygen atoms in total. The summed E-state index contributed by atoms with van der Waals surface area (Å²) in [5.41, 5.74) is 0.751. The van der Waals surface area contributed by atoms with Gasteiger partial charge in [0.1, 0.15) is 0 Å². The minimum atomic E-state index is 0.236. The fraction of sp³-hybridized carbons (Fsp3) is 1.00. The van der Waals surface area contributed by atoms with Crippen LogP contribution in [0.1, 0.15) is 72.6 Å². The molecule has 0 spiro atoms. The second-order valence-electron chi connectivity index (χ2n) is 7.66. The van der Waals surface area contributed by atoms with Gasteiger partial charge in [0.05, 0.1) is 12.2 Å². The Kier molecular flexibility index (Phi) is 4.38. The number of nitrogens with one attached hydrogen (secondary N) is 1. The molecule has 18 heavy (non-hydrogen) atoms. The highest BCUT2D eigenvalue weighted by molar-refractivity contribution is 4.92. The molecule has 2 aliphatic rings. The van der Waals surface area contributed by atoms with E-state index in [-0.39, 0.29) is 5.54 Å². The average molecular weight is 253 g/mol. The van der Waals surface area contributed by atoms with Crippen LogP contribution in [0.2, 0.25) is 0 Å². The first-order valence-corrected chi connectivity index (χ1v) is 7.79. The van der Waals surface area contributed by atoms with E-state index >= 15 is 0 Å². The van der Waals surface area contributed by atoms with E-state index in [1.807, 2.05) is 0 Å². The Morgan fingerprint density at radius 1 is 1.17 bits per heavy atom. The largest absolute Gasteiger partial charge is 0.375 e. The van der Waals surface area contributed by atoms with Crippen LogP contribution in [0, 0.1) is 5.41 Å². The number of ether oxygens (including phenoxy) is 1. The second-order valence-corrected chi connectivity index (χ2v) is 7.66. The molecule has 2 atom stereocenters. The van der Waals surface area contributed by atoms with Gasteiger partial charge in [0.15, 0.2) is 0 Å². The zero-order valence-electron chi connectivity index (χ0n) is 12.7. The van der Waals surface area contributed by atoms with Crippen molar-refractivity contribution in [3.8, 4) is 0 Å². The van der Waals surface area contributed by atoms with Gasteiger partial charge in [-0.1, -0.05) is 12.8 Å². The molecule has 2 unspecified atom stereocenters. The van der Waals surface area contributed by atoms with Gasteiger partial charge >= 0.3 is 0 Å². The molecule has 106 valence electrons. The minimum Gasteiger partial charge on any atom is -0.375 e. The summed E-state index contributed by atoms with van der Waals surface area (Å²) in [6, 6.07) is 0. The van der Waals surface area contributed by atoms with E-state index in [0.717, 1.165) is 0 Å². The van der Waals surface area contributed by atoms with E-state index in [9.17, 15) is 0 Å². The SMILES string of the molecule is CC1CCC(CC2(CNC(C)(C)C)CCCC2)O1. The Morgan fingerprint density at radius 3 is 2.33 bits per heavy atom. The lowest BCUT2D eigenvalue weighted by Gasteiger charge is -2.35. The van der Waals surface area contributed by atoms with Gasteiger partial charge in [-0.25, -0.2) is 0 Å². The van der Waals surface area contributed by atoms with Crippen LogP contribution in [-0.4, -0.2) is 24.3 Å². The molecule has 1 aliphatic heterocycles. The van der Waals surface area contributed by atoms with Crippen molar-refractivity contribution in [1.82, 2.24) is 5.32 Å². The Bertz CT molecular complexity index is 263. The smallest absolute Gasteiger partial charge is 0.0585 e. The maximum atomic E-state index is 6.05. The summed E-state index contributed by atoms with van der Waals surface area (Å²) in [6.07, 6.45) is 10.4. The molecule has 2 rings (SSSR count). The summed E-state index contributed by atoms with van der Waals surface area (Å²) >= 11 is 0. The molecular weight excluding hydrogens is 222 g/mol. The highest BCUT2D eigenvalue weighted by Crippen LogP contribution is 2.44. The number of rotatable bonds is 4. The van der Waals surface area contributed by atoms with Gasteiger partial charge in [-0.3, -0.25) is 0 Å². The van der Waals surface area contributed by atoms with E-state index < -0.39 is 0 Å². The minimum absolute atomic E-state index is 0.236. The molecule has 1 heterocycles. The Hall–Kier alpha value is -0.0800. The molecule has 2 fully saturated rings. The summed E-state index contributed by atoms with van der Waals surface area (Å²) < 4.78 is 6.05. The molecule has 0 radical (unpaired) electrons. The van der Waals surface area contributed by atoms with Crippen molar-refractivity contribution in [3.63, 3.8) is 0 Å². The van der Waals surface area contributed by atoms with Crippen LogP contribution in [0.5, 0.6) is 0 Å². The topological polar surface area (TPSA) is 21.3 Å². The molecular formula is C16H31NO. The lowest BCUT2D eigenvalue weighted by molar-refractivity contribution is 0.0210. The third-order valence-electron chi connectivity index (χ3n) is 4.64. The molecule has 1 saturated carbocycles. The van der Waals surface area contributed by atoms with Crippen molar-refractivity contribution >= 4 is 0 Å². The number of hydrogen-bond donors (Lipinski definition) is 1. The molecule has 1 saturated heterocycles. The predicted octanol–water partition coefficient (Wildman–Crippen LogP) is 3.89. The van der Waals surface area contributed by atoms with Crippen molar-refractivity contribution < 1.29 is 4.74 Å². The van der Waals surface area contributed by atoms with Gasteiger partial charge in [-0.05, 0) is 65.2 Å². The molecule has 2 heteroatoms. The Balaban J connectivity index is 1.90. The van der Waals surface area contributed by atoms with E-state index in [1.54, 1.807) is 0 Å². The summed E-state index contributed by atoms with van der Waals surface area (Å²) in [5.74, 6) is 0. The van der Waals surface area contributed by atoms with E-state index in [4.69, 9.17) is 4.74 Å². The highest BCUT2D eigenvalue weighted by atomic mass is 16.5. The van der Waals surface area contributed by atoms with Crippen LogP contribution in [0.4, 0.5) is 0 Å². The first-order chi connectivity index (χ1) is 8.39. The molecule has 0 aromatic carbocycles. The second kappa shape index (κ2) is 5.50. The molecule has 1 aliphatic carbocycles. The summed E-state index contributed by atoms with van der Waals surface area (Å²) in [5, 5.41) is 3.73. The number of hydrogen-bond acceptors (Lipinski definition) is 2. The third kappa shape index (κ3) is 3.96. The zero-order chi connectivity index (χ0) is 13.2. The van der Waals surface area contributed by atoms with Gasteiger partial charge in [-0.15, -0.1) is 0 Å². The van der Waals surface area contributed by atoms with E-state index in [0.29, 0.717) is 17.6 Å². The highest BCUT2D eigenvalue weighted by Gasteiger charge is 2.38. The first kappa shape index (κ1) is 14.3. The standard InChI is InChI=1S/C16H31NO/c1-13-7-8-14(18-13)11-16(9-5-6-10-16)12-17-15(2,3)4/h13-14,17H,5-12H2,1-4H3. The maximum absolute atomic E-state index is 6.05. The van der Waals surface area contributed by atoms with Gasteiger partial charge < -0.3 is 10.1 Å². The van der Waals surface area contributed by atoms with Gasteiger partial charge in [0, 0.05) is 12.1 Å². The van der Waals surface area contributed by atoms with Crippen molar-refractivity contribution in [1.29, 1.82) is 0 Å². The molecule has 0 amide bonds. The van der Waals surface area contributed by atoms with E-state index in [1.165, 1.54) is 51.5 Å². The van der Waals surface area contributed by atoms with Crippen LogP contribution in [-0.2, 0) is 4.74 Å². The van der Waals surface area contributed by atoms with Crippen molar-refractivity contribution in [2.45, 2.75) is 90.4 Å². The monoisotopic (exact) mass is 253 g/mol. The molecule has 1 N–H and O–H groups in total. The molecule has 0 bridgehead atoms. The van der Waals surface area contributed by atoms with Crippen molar-refractivity contribution in [3.05, 3.63) is 0 Å². The maximum Gasteiger partial charge on any atom is 0.0585 e. The Morgan fingerprint density at radius 2 is 1.83 bits per heavy atom. The van der Waals surface area contributed by atoms with Crippen LogP contribution in [0.15, 0.2) is 0 Å². The van der Waals surface area contributed by atoms with Crippen LogP contribution in [0.25, 0.3) is 0 Å². The zero-order valence-corrected chi connectivity index (χ0v) is 12.7. The van der Waals surface area contributed by atoms with Crippen LogP contribution >= 0.6 is 0 Å². The normalized spacial score (nSPS) is 32.0. The Labute approximate surface area is 113 Å². The van der Waals surface area contributed by atoms with E-state index in [2.05, 4.69) is 33.0 Å². The molecule has 0 aromatic rings. The van der Waals surface area contributed by atoms with Gasteiger partial charge in [0.2, 0.25) is 0 Å². The predicted molar refractivity (Wildman–Crippen MR) is 76.8 cm³/mol. The fourth-order valence-electron chi connectivity index (χ4n) is 3.55. The van der Waals surface area contributed by atoms with Crippen molar-refractivity contribution in [2.24, 2.45) is 5.41 Å².